The summed E-state index contributed by atoms with van der Waals surface area (Å²) in [5.74, 6) is 0.712. The molecule has 0 fully saturated rings. The molecule has 0 bridgehead atoms. The summed E-state index contributed by atoms with van der Waals surface area (Å²) >= 11 is 0. The van der Waals surface area contributed by atoms with E-state index in [0.29, 0.717) is 18.9 Å². The molecular formula is C16H22N4O4S. The molecule has 0 saturated heterocycles. The minimum absolute atomic E-state index is 0.0286. The number of fused-ring (bicyclic) bond motifs is 1. The lowest BCUT2D eigenvalue weighted by Gasteiger charge is -2.32. The molecule has 0 aliphatic carbocycles. The number of rotatable bonds is 3. The standard InChI is InChI=1S/C14H18N4O2S.C2H4O2/c1-11-15-16-14-10-17(21(2,19)20)9-13(18(11)14)8-12-6-4-3-5-7-12;1-2(3)4/h3-7,13H,8-10H2,1-2H3;1H3,(H,3,4)/t13-;/m1./s1. The number of hydrogen-bond donors (Lipinski definition) is 1. The second-order valence-corrected chi connectivity index (χ2v) is 7.93. The molecule has 25 heavy (non-hydrogen) atoms. The van der Waals surface area contributed by atoms with Gasteiger partial charge < -0.3 is 9.67 Å². The van der Waals surface area contributed by atoms with Crippen molar-refractivity contribution < 1.29 is 18.3 Å². The first-order valence-corrected chi connectivity index (χ1v) is 9.62. The first-order valence-electron chi connectivity index (χ1n) is 7.77. The topological polar surface area (TPSA) is 105 Å². The molecule has 1 N–H and O–H groups in total. The quantitative estimate of drug-likeness (QED) is 0.876. The smallest absolute Gasteiger partial charge is 0.300 e. The zero-order chi connectivity index (χ0) is 18.6. The van der Waals surface area contributed by atoms with Gasteiger partial charge in [-0.05, 0) is 18.9 Å². The molecule has 0 unspecified atom stereocenters. The van der Waals surface area contributed by atoms with E-state index in [1.165, 1.54) is 16.1 Å². The molecule has 1 aromatic carbocycles. The van der Waals surface area contributed by atoms with E-state index in [2.05, 4.69) is 26.9 Å². The van der Waals surface area contributed by atoms with Gasteiger partial charge in [0.1, 0.15) is 11.6 Å². The fourth-order valence-electron chi connectivity index (χ4n) is 2.83. The summed E-state index contributed by atoms with van der Waals surface area (Å²) in [5.41, 5.74) is 1.18. The Bertz CT molecular complexity index is 829. The van der Waals surface area contributed by atoms with E-state index in [0.717, 1.165) is 19.2 Å². The highest BCUT2D eigenvalue weighted by atomic mass is 32.2. The SMILES string of the molecule is CC(=O)O.Cc1nnc2n1[C@H](Cc1ccccc1)CN(S(C)(=O)=O)C2. The van der Waals surface area contributed by atoms with Crippen LogP contribution in [0.25, 0.3) is 0 Å². The summed E-state index contributed by atoms with van der Waals surface area (Å²) in [6, 6.07) is 10.1. The van der Waals surface area contributed by atoms with E-state index >= 15 is 0 Å². The van der Waals surface area contributed by atoms with E-state index in [1.807, 2.05) is 25.1 Å². The van der Waals surface area contributed by atoms with Crippen LogP contribution in [0.5, 0.6) is 0 Å². The zero-order valence-electron chi connectivity index (χ0n) is 14.5. The lowest BCUT2D eigenvalue weighted by atomic mass is 10.0. The fourth-order valence-corrected chi connectivity index (χ4v) is 3.62. The Hall–Kier alpha value is -2.26. The number of hydrogen-bond acceptors (Lipinski definition) is 5. The molecule has 136 valence electrons. The third-order valence-corrected chi connectivity index (χ3v) is 5.03. The molecule has 2 heterocycles. The van der Waals surface area contributed by atoms with Gasteiger partial charge in [-0.1, -0.05) is 30.3 Å². The molecule has 1 aliphatic heterocycles. The number of carbonyl (C=O) groups is 1. The van der Waals surface area contributed by atoms with Crippen molar-refractivity contribution in [2.45, 2.75) is 32.9 Å². The third-order valence-electron chi connectivity index (χ3n) is 3.82. The third kappa shape index (κ3) is 5.10. The van der Waals surface area contributed by atoms with Gasteiger partial charge in [-0.25, -0.2) is 8.42 Å². The highest BCUT2D eigenvalue weighted by molar-refractivity contribution is 7.88. The van der Waals surface area contributed by atoms with Crippen molar-refractivity contribution in [2.75, 3.05) is 12.8 Å². The zero-order valence-corrected chi connectivity index (χ0v) is 15.3. The van der Waals surface area contributed by atoms with Gasteiger partial charge in [0.15, 0.2) is 0 Å². The van der Waals surface area contributed by atoms with Crippen LogP contribution in [0.15, 0.2) is 30.3 Å². The number of carboxylic acids is 1. The number of sulfonamides is 1. The molecule has 1 aromatic heterocycles. The molecule has 1 atom stereocenters. The van der Waals surface area contributed by atoms with Crippen LogP contribution < -0.4 is 0 Å². The molecule has 0 saturated carbocycles. The Labute approximate surface area is 147 Å². The van der Waals surface area contributed by atoms with E-state index in [-0.39, 0.29) is 6.04 Å². The van der Waals surface area contributed by atoms with E-state index in [4.69, 9.17) is 9.90 Å². The number of aryl methyl sites for hydroxylation is 1. The maximum Gasteiger partial charge on any atom is 0.300 e. The van der Waals surface area contributed by atoms with Crippen molar-refractivity contribution in [3.63, 3.8) is 0 Å². The van der Waals surface area contributed by atoms with Gasteiger partial charge in [0.05, 0.1) is 18.8 Å². The van der Waals surface area contributed by atoms with E-state index in [1.54, 1.807) is 0 Å². The molecule has 9 heteroatoms. The predicted molar refractivity (Wildman–Crippen MR) is 92.5 cm³/mol. The lowest BCUT2D eigenvalue weighted by molar-refractivity contribution is -0.134. The summed E-state index contributed by atoms with van der Waals surface area (Å²) in [5, 5.41) is 15.6. The van der Waals surface area contributed by atoms with Gasteiger partial charge in [0.2, 0.25) is 10.0 Å². The summed E-state index contributed by atoms with van der Waals surface area (Å²) in [6.07, 6.45) is 2.00. The highest BCUT2D eigenvalue weighted by Gasteiger charge is 2.32. The van der Waals surface area contributed by atoms with Crippen LogP contribution in [0.3, 0.4) is 0 Å². The summed E-state index contributed by atoms with van der Waals surface area (Å²) < 4.78 is 27.3. The summed E-state index contributed by atoms with van der Waals surface area (Å²) in [7, 11) is -3.23. The van der Waals surface area contributed by atoms with E-state index in [9.17, 15) is 8.42 Å². The molecule has 1 aliphatic rings. The van der Waals surface area contributed by atoms with Gasteiger partial charge in [-0.3, -0.25) is 4.79 Å². The molecule has 3 rings (SSSR count). The second kappa shape index (κ2) is 7.75. The molecular weight excluding hydrogens is 344 g/mol. The van der Waals surface area contributed by atoms with Crippen LogP contribution in [-0.4, -0.2) is 51.4 Å². The first kappa shape index (κ1) is 19.1. The van der Waals surface area contributed by atoms with Crippen molar-refractivity contribution in [3.8, 4) is 0 Å². The minimum Gasteiger partial charge on any atom is -0.481 e. The van der Waals surface area contributed by atoms with E-state index < -0.39 is 16.0 Å². The van der Waals surface area contributed by atoms with Gasteiger partial charge >= 0.3 is 0 Å². The Balaban J connectivity index is 0.000000511. The molecule has 0 radical (unpaired) electrons. The van der Waals surface area contributed by atoms with Crippen LogP contribution in [0, 0.1) is 6.92 Å². The number of nitrogens with zero attached hydrogens (tertiary/aromatic N) is 4. The van der Waals surface area contributed by atoms with Gasteiger partial charge in [-0.15, -0.1) is 10.2 Å². The molecule has 2 aromatic rings. The summed E-state index contributed by atoms with van der Waals surface area (Å²) in [4.78, 5) is 9.00. The van der Waals surface area contributed by atoms with Crippen LogP contribution in [0.1, 0.15) is 30.2 Å². The maximum atomic E-state index is 11.9. The second-order valence-electron chi connectivity index (χ2n) is 5.95. The Kier molecular flexibility index (Phi) is 5.91. The summed E-state index contributed by atoms with van der Waals surface area (Å²) in [6.45, 7) is 3.75. The van der Waals surface area contributed by atoms with Crippen LogP contribution in [0.4, 0.5) is 0 Å². The first-order chi connectivity index (χ1) is 11.7. The van der Waals surface area contributed by atoms with Crippen molar-refractivity contribution >= 4 is 16.0 Å². The number of aromatic nitrogens is 3. The molecule has 0 amide bonds. The monoisotopic (exact) mass is 366 g/mol. The number of benzene rings is 1. The largest absolute Gasteiger partial charge is 0.481 e. The number of carboxylic acid groups (broad SMARTS) is 1. The average molecular weight is 366 g/mol. The van der Waals surface area contributed by atoms with Crippen LogP contribution in [0.2, 0.25) is 0 Å². The predicted octanol–water partition coefficient (Wildman–Crippen LogP) is 1.24. The Morgan fingerprint density at radius 3 is 2.44 bits per heavy atom. The fraction of sp³-hybridized carbons (Fsp3) is 0.438. The highest BCUT2D eigenvalue weighted by Crippen LogP contribution is 2.26. The van der Waals surface area contributed by atoms with Gasteiger partial charge in [0, 0.05) is 13.5 Å². The Morgan fingerprint density at radius 2 is 1.88 bits per heavy atom. The Morgan fingerprint density at radius 1 is 1.28 bits per heavy atom. The molecule has 8 nitrogen and oxygen atoms in total. The van der Waals surface area contributed by atoms with Gasteiger partial charge in [0.25, 0.3) is 5.97 Å². The van der Waals surface area contributed by atoms with Crippen molar-refractivity contribution in [2.24, 2.45) is 0 Å². The van der Waals surface area contributed by atoms with Crippen molar-refractivity contribution in [3.05, 3.63) is 47.5 Å². The van der Waals surface area contributed by atoms with Crippen LogP contribution >= 0.6 is 0 Å². The average Bonchev–Trinajstić information content (AvgIpc) is 2.88. The molecule has 0 spiro atoms. The van der Waals surface area contributed by atoms with Crippen LogP contribution in [-0.2, 0) is 27.8 Å². The van der Waals surface area contributed by atoms with Crippen molar-refractivity contribution in [1.29, 1.82) is 0 Å². The minimum atomic E-state index is -3.23. The lowest BCUT2D eigenvalue weighted by Crippen LogP contribution is -2.41. The number of aliphatic carboxylic acids is 1. The maximum absolute atomic E-state index is 11.9. The van der Waals surface area contributed by atoms with Gasteiger partial charge in [-0.2, -0.15) is 4.31 Å². The van der Waals surface area contributed by atoms with Crippen molar-refractivity contribution in [1.82, 2.24) is 19.1 Å². The normalized spacial score (nSPS) is 17.3.